The van der Waals surface area contributed by atoms with Gasteiger partial charge in [-0.15, -0.1) is 0 Å². The van der Waals surface area contributed by atoms with Gasteiger partial charge in [0.2, 0.25) is 0 Å². The van der Waals surface area contributed by atoms with Crippen LogP contribution in [0.3, 0.4) is 0 Å². The van der Waals surface area contributed by atoms with E-state index in [1.807, 2.05) is 37.3 Å². The molecule has 27 heteroatoms. The van der Waals surface area contributed by atoms with Gasteiger partial charge in [-0.1, -0.05) is 37.3 Å². The fourth-order valence-electron chi connectivity index (χ4n) is 16.9. The van der Waals surface area contributed by atoms with E-state index in [1.165, 1.54) is 27.2 Å². The molecule has 27 nitrogen and oxygen atoms in total. The molecule has 4 aliphatic carbocycles. The van der Waals surface area contributed by atoms with E-state index in [0.717, 1.165) is 5.56 Å². The number of ketones is 1. The SMILES string of the molecule is COC1CC(OC2CCC3(C)C(CCC4(O)C3CC(OC(=O)C=Cc3ccccc3)C3(C)C(O)(C(C)=O)CCC43O)C2)OC(C)C1OC1CC(OC)C(OC2OC(C)C(OC3OC(CO)C(OC4OC(CO)C(O)C(O)C4O)C(O)C3O)C(OC)C2O)C(C)O1. The number of fused-ring (bicyclic) bond motifs is 5. The summed E-state index contributed by atoms with van der Waals surface area (Å²) in [5.74, 6) is -1.79. The van der Waals surface area contributed by atoms with Crippen LogP contribution in [0.5, 0.6) is 0 Å². The number of benzene rings is 1. The summed E-state index contributed by atoms with van der Waals surface area (Å²) in [6.45, 7) is 8.68. The first-order valence-electron chi connectivity index (χ1n) is 31.7. The Morgan fingerprint density at radius 1 is 0.578 bits per heavy atom. The van der Waals surface area contributed by atoms with Gasteiger partial charge >= 0.3 is 5.97 Å². The molecule has 9 aliphatic rings. The first-order chi connectivity index (χ1) is 42.6. The lowest BCUT2D eigenvalue weighted by atomic mass is 9.40. The van der Waals surface area contributed by atoms with E-state index >= 15 is 0 Å². The number of hydrogen-bond acceptors (Lipinski definition) is 27. The van der Waals surface area contributed by atoms with Gasteiger partial charge in [-0.3, -0.25) is 4.79 Å². The number of ether oxygens (including phenoxy) is 14. The van der Waals surface area contributed by atoms with Gasteiger partial charge in [0, 0.05) is 40.2 Å². The lowest BCUT2D eigenvalue weighted by molar-refractivity contribution is -0.385. The second-order valence-corrected chi connectivity index (χ2v) is 26.9. The average molecular weight is 1290 g/mol. The van der Waals surface area contributed by atoms with E-state index in [2.05, 4.69) is 6.92 Å². The highest BCUT2D eigenvalue weighted by atomic mass is 16.8. The topological polar surface area (TPSA) is 386 Å². The molecule has 9 fully saturated rings. The second kappa shape index (κ2) is 27.7. The van der Waals surface area contributed by atoms with Crippen molar-refractivity contribution in [3.05, 3.63) is 42.0 Å². The van der Waals surface area contributed by atoms with Crippen molar-refractivity contribution < 1.29 is 132 Å². The van der Waals surface area contributed by atoms with Gasteiger partial charge in [-0.2, -0.15) is 0 Å². The molecule has 10 rings (SSSR count). The lowest BCUT2D eigenvalue weighted by Gasteiger charge is -2.69. The minimum absolute atomic E-state index is 0.0218. The van der Waals surface area contributed by atoms with Crippen molar-refractivity contribution in [3.8, 4) is 0 Å². The molecule has 0 spiro atoms. The highest BCUT2D eigenvalue weighted by molar-refractivity contribution is 5.88. The first-order valence-corrected chi connectivity index (χ1v) is 31.7. The fraction of sp³-hybridized carbons (Fsp3) is 0.841. The number of hydrogen-bond donors (Lipinski definition) is 11. The zero-order valence-corrected chi connectivity index (χ0v) is 52.6. The maximum absolute atomic E-state index is 13.7. The number of carbonyl (C=O) groups excluding carboxylic acids is 2. The zero-order chi connectivity index (χ0) is 65.2. The van der Waals surface area contributed by atoms with E-state index in [0.29, 0.717) is 32.1 Å². The van der Waals surface area contributed by atoms with E-state index in [4.69, 9.17) is 66.3 Å². The Kier molecular flexibility index (Phi) is 21.5. The summed E-state index contributed by atoms with van der Waals surface area (Å²) in [5.41, 5.74) is -7.24. The van der Waals surface area contributed by atoms with Gasteiger partial charge < -0.3 is 122 Å². The van der Waals surface area contributed by atoms with Gasteiger partial charge in [-0.25, -0.2) is 4.79 Å². The van der Waals surface area contributed by atoms with Crippen LogP contribution < -0.4 is 0 Å². The number of carbonyl (C=O) groups is 2. The molecule has 5 heterocycles. The van der Waals surface area contributed by atoms with Crippen molar-refractivity contribution in [1.29, 1.82) is 0 Å². The van der Waals surface area contributed by atoms with Crippen LogP contribution in [-0.2, 0) is 75.9 Å². The fourth-order valence-corrected chi connectivity index (χ4v) is 16.9. The zero-order valence-electron chi connectivity index (χ0n) is 52.6. The second-order valence-electron chi connectivity index (χ2n) is 26.9. The van der Waals surface area contributed by atoms with Crippen LogP contribution >= 0.6 is 0 Å². The molecule has 0 radical (unpaired) electrons. The number of aliphatic hydroxyl groups is 11. The van der Waals surface area contributed by atoms with Crippen molar-refractivity contribution in [2.75, 3.05) is 34.5 Å². The van der Waals surface area contributed by atoms with Crippen LogP contribution in [-0.4, -0.2) is 273 Å². The van der Waals surface area contributed by atoms with Crippen LogP contribution in [0.2, 0.25) is 0 Å². The molecule has 32 unspecified atom stereocenters. The average Bonchev–Trinajstić information content (AvgIpc) is 1.36. The smallest absolute Gasteiger partial charge is 0.331 e. The molecular weight excluding hydrogens is 1190 g/mol. The number of methoxy groups -OCH3 is 3. The third-order valence-corrected chi connectivity index (χ3v) is 22.2. The number of aliphatic hydroxyl groups excluding tert-OH is 8. The van der Waals surface area contributed by atoms with Crippen molar-refractivity contribution in [2.45, 2.75) is 276 Å². The molecule has 1 aromatic rings. The number of rotatable bonds is 19. The van der Waals surface area contributed by atoms with Gasteiger partial charge in [0.1, 0.15) is 96.7 Å². The molecule has 11 N–H and O–H groups in total. The molecule has 510 valence electrons. The van der Waals surface area contributed by atoms with E-state index < -0.39 is 206 Å². The molecule has 90 heavy (non-hydrogen) atoms. The molecule has 4 saturated carbocycles. The standard InChI is InChI=1S/C63H96O27/c1-29-51(87-44-25-37(78-8)52(30(2)81-44)88-58-50(73)55(79-9)53(31(3)82-58)89-57-49(72)47(70)54(39(28-65)85-57)90-56-48(71)46(69)45(68)38(27-64)84-56)36(77-7)24-43(80-29)83-35-18-19-59(5)34(23-35)17-20-62(75)40(59)26-41(86-42(67)16-15-33-13-11-10-12-14-33)60(6)61(74,32(4)66)21-22-63(60,62)76/h10-16,29-31,34-41,43-58,64-65,68-76H,17-28H2,1-9H3. The summed E-state index contributed by atoms with van der Waals surface area (Å²) in [6, 6.07) is 9.23. The predicted octanol–water partition coefficient (Wildman–Crippen LogP) is -0.600. The van der Waals surface area contributed by atoms with Crippen molar-refractivity contribution in [2.24, 2.45) is 22.7 Å². The summed E-state index contributed by atoms with van der Waals surface area (Å²) in [6.07, 6.45) is -23.7. The van der Waals surface area contributed by atoms with Crippen LogP contribution in [0.1, 0.15) is 111 Å². The van der Waals surface area contributed by atoms with E-state index in [9.17, 15) is 65.8 Å². The monoisotopic (exact) mass is 1280 g/mol. The highest BCUT2D eigenvalue weighted by Crippen LogP contribution is 2.72. The molecule has 5 saturated heterocycles. The van der Waals surface area contributed by atoms with Crippen molar-refractivity contribution >= 4 is 17.8 Å². The molecular formula is C63H96O27. The molecule has 5 aliphatic heterocycles. The highest BCUT2D eigenvalue weighted by Gasteiger charge is 2.82. The first kappa shape index (κ1) is 70.0. The summed E-state index contributed by atoms with van der Waals surface area (Å²) in [4.78, 5) is 27.1. The van der Waals surface area contributed by atoms with Crippen molar-refractivity contribution in [1.82, 2.24) is 0 Å². The Bertz CT molecular complexity index is 2600. The Morgan fingerprint density at radius 2 is 1.14 bits per heavy atom. The minimum Gasteiger partial charge on any atom is -0.458 e. The van der Waals surface area contributed by atoms with Crippen LogP contribution in [0.4, 0.5) is 0 Å². The van der Waals surface area contributed by atoms with E-state index in [1.54, 1.807) is 34.0 Å². The van der Waals surface area contributed by atoms with Crippen molar-refractivity contribution in [3.63, 3.8) is 0 Å². The van der Waals surface area contributed by atoms with Crippen LogP contribution in [0.25, 0.3) is 6.08 Å². The summed E-state index contributed by atoms with van der Waals surface area (Å²) in [7, 11) is 4.42. The molecule has 0 aromatic heterocycles. The normalized spacial score (nSPS) is 50.6. The third-order valence-electron chi connectivity index (χ3n) is 22.2. The largest absolute Gasteiger partial charge is 0.458 e. The lowest BCUT2D eigenvalue weighted by Crippen LogP contribution is -2.79. The number of esters is 1. The van der Waals surface area contributed by atoms with Gasteiger partial charge in [0.15, 0.2) is 37.2 Å². The Labute approximate surface area is 523 Å². The van der Waals surface area contributed by atoms with Gasteiger partial charge in [-0.05, 0) is 115 Å². The summed E-state index contributed by atoms with van der Waals surface area (Å²) < 4.78 is 86.1. The predicted molar refractivity (Wildman–Crippen MR) is 308 cm³/mol. The Balaban J connectivity index is 0.730. The van der Waals surface area contributed by atoms with Gasteiger partial charge in [0.05, 0.1) is 60.9 Å². The molecule has 32 atom stereocenters. The minimum atomic E-state index is -2.06. The van der Waals surface area contributed by atoms with Gasteiger partial charge in [0.25, 0.3) is 0 Å². The maximum atomic E-state index is 13.7. The Morgan fingerprint density at radius 3 is 1.76 bits per heavy atom. The quantitative estimate of drug-likeness (QED) is 0.0468. The molecule has 1 aromatic carbocycles. The van der Waals surface area contributed by atoms with Crippen LogP contribution in [0, 0.1) is 22.7 Å². The summed E-state index contributed by atoms with van der Waals surface area (Å²) >= 11 is 0. The third kappa shape index (κ3) is 12.4. The molecule has 0 bridgehead atoms. The Hall–Kier alpha value is -2.86. The summed E-state index contributed by atoms with van der Waals surface area (Å²) in [5, 5.41) is 123. The molecule has 0 amide bonds. The maximum Gasteiger partial charge on any atom is 0.331 e. The number of Topliss-reactive ketones (excluding diaryl/α,β-unsaturated/α-hetero) is 1. The van der Waals surface area contributed by atoms with E-state index in [-0.39, 0.29) is 44.1 Å². The van der Waals surface area contributed by atoms with Crippen LogP contribution in [0.15, 0.2) is 36.4 Å².